The molecule has 0 saturated heterocycles. The van der Waals surface area contributed by atoms with Crippen LogP contribution in [-0.4, -0.2) is 6.54 Å². The van der Waals surface area contributed by atoms with E-state index >= 15 is 0 Å². The van der Waals surface area contributed by atoms with Gasteiger partial charge in [-0.15, -0.1) is 0 Å². The molecule has 0 aliphatic carbocycles. The first kappa shape index (κ1) is 9.70. The Labute approximate surface area is 64.3 Å². The Balaban J connectivity index is 3.48. The van der Waals surface area contributed by atoms with Crippen molar-refractivity contribution in [3.8, 4) is 0 Å². The summed E-state index contributed by atoms with van der Waals surface area (Å²) in [5, 5.41) is 0. The number of allylic oxidation sites excluding steroid dienone is 1. The molecule has 0 radical (unpaired) electrons. The molecule has 0 heterocycles. The summed E-state index contributed by atoms with van der Waals surface area (Å²) in [4.78, 5) is 0. The average Bonchev–Trinajstić information content (AvgIpc) is 1.98. The normalized spacial score (nSPS) is 14.3. The van der Waals surface area contributed by atoms with E-state index in [1.807, 2.05) is 6.08 Å². The molecule has 0 fully saturated rings. The minimum Gasteiger partial charge on any atom is -0.343 e. The predicted molar refractivity (Wildman–Crippen MR) is 46.6 cm³/mol. The van der Waals surface area contributed by atoms with Crippen LogP contribution in [0.2, 0.25) is 0 Å². The number of hydrogen-bond acceptors (Lipinski definition) is 1. The van der Waals surface area contributed by atoms with Crippen LogP contribution in [0, 0.1) is 12.8 Å². The van der Waals surface area contributed by atoms with E-state index in [4.69, 9.17) is 5.73 Å². The maximum atomic E-state index is 5.33. The van der Waals surface area contributed by atoms with Gasteiger partial charge in [0.2, 0.25) is 0 Å². The molecule has 60 valence electrons. The lowest BCUT2D eigenvalue weighted by Crippen LogP contribution is -1.97. The van der Waals surface area contributed by atoms with Gasteiger partial charge < -0.3 is 12.7 Å². The first-order chi connectivity index (χ1) is 4.85. The minimum atomic E-state index is 0.660. The molecule has 0 aliphatic heterocycles. The molecule has 1 nitrogen and oxygen atoms in total. The summed E-state index contributed by atoms with van der Waals surface area (Å²) >= 11 is 0. The van der Waals surface area contributed by atoms with Crippen LogP contribution >= 0.6 is 0 Å². The number of nitrogens with two attached hydrogens (primary N) is 1. The van der Waals surface area contributed by atoms with Crippen molar-refractivity contribution < 1.29 is 0 Å². The summed E-state index contributed by atoms with van der Waals surface area (Å²) in [7, 11) is 0. The Hall–Kier alpha value is -0.300. The van der Waals surface area contributed by atoms with E-state index in [9.17, 15) is 0 Å². The molecule has 0 amide bonds. The monoisotopic (exact) mass is 140 g/mol. The molecule has 0 aromatic heterocycles. The Bertz CT molecular complexity index is 86.7. The van der Waals surface area contributed by atoms with Crippen LogP contribution in [0.3, 0.4) is 0 Å². The van der Waals surface area contributed by atoms with Gasteiger partial charge >= 0.3 is 0 Å². The van der Waals surface area contributed by atoms with Gasteiger partial charge in [0.25, 0.3) is 0 Å². The summed E-state index contributed by atoms with van der Waals surface area (Å²) in [6, 6.07) is 0. The predicted octanol–water partition coefficient (Wildman–Crippen LogP) is 2.14. The quantitative estimate of drug-likeness (QED) is 0.459. The zero-order valence-electron chi connectivity index (χ0n) is 6.84. The van der Waals surface area contributed by atoms with Gasteiger partial charge in [0.1, 0.15) is 0 Å². The van der Waals surface area contributed by atoms with Crippen LogP contribution in [0.1, 0.15) is 26.2 Å². The van der Waals surface area contributed by atoms with Crippen LogP contribution < -0.4 is 5.73 Å². The fourth-order valence-electron chi connectivity index (χ4n) is 0.970. The molecule has 0 aromatic rings. The van der Waals surface area contributed by atoms with E-state index in [-0.39, 0.29) is 0 Å². The lowest BCUT2D eigenvalue weighted by atomic mass is 10.0. The summed E-state index contributed by atoms with van der Waals surface area (Å²) in [6.07, 6.45) is 7.64. The highest BCUT2D eigenvalue weighted by Gasteiger charge is 1.95. The summed E-state index contributed by atoms with van der Waals surface area (Å²) in [5.74, 6) is 0.695. The molecule has 10 heavy (non-hydrogen) atoms. The lowest BCUT2D eigenvalue weighted by Gasteiger charge is -2.08. The van der Waals surface area contributed by atoms with E-state index in [1.165, 1.54) is 12.8 Å². The zero-order valence-corrected chi connectivity index (χ0v) is 6.84. The molecule has 1 atom stereocenters. The maximum Gasteiger partial charge on any atom is 0.0106 e. The van der Waals surface area contributed by atoms with E-state index in [2.05, 4.69) is 19.9 Å². The highest BCUT2D eigenvalue weighted by Crippen LogP contribution is 2.11. The first-order valence-electron chi connectivity index (χ1n) is 4.01. The number of hydrogen-bond donors (Lipinski definition) is 1. The Morgan fingerprint density at radius 3 is 2.70 bits per heavy atom. The largest absolute Gasteiger partial charge is 0.343 e. The van der Waals surface area contributed by atoms with Crippen LogP contribution in [0.4, 0.5) is 0 Å². The lowest BCUT2D eigenvalue weighted by molar-refractivity contribution is 0.577. The summed E-state index contributed by atoms with van der Waals surface area (Å²) in [5.41, 5.74) is 5.33. The summed E-state index contributed by atoms with van der Waals surface area (Å²) < 4.78 is 0. The molecule has 2 N–H and O–H groups in total. The second-order valence-electron chi connectivity index (χ2n) is 2.47. The van der Waals surface area contributed by atoms with Crippen molar-refractivity contribution in [2.45, 2.75) is 26.2 Å². The van der Waals surface area contributed by atoms with Gasteiger partial charge in [-0.25, -0.2) is 0 Å². The Kier molecular flexibility index (Phi) is 6.61. The van der Waals surface area contributed by atoms with Crippen LogP contribution in [-0.2, 0) is 0 Å². The molecular formula is C9H18N-. The molecule has 0 spiro atoms. The van der Waals surface area contributed by atoms with Crippen LogP contribution in [0.25, 0.3) is 0 Å². The second kappa shape index (κ2) is 6.81. The Morgan fingerprint density at radius 2 is 2.30 bits per heavy atom. The topological polar surface area (TPSA) is 26.0 Å². The third-order valence-corrected chi connectivity index (χ3v) is 1.64. The van der Waals surface area contributed by atoms with Gasteiger partial charge in [-0.05, 0) is 12.3 Å². The highest BCUT2D eigenvalue weighted by atomic mass is 14.5. The van der Waals surface area contributed by atoms with Gasteiger partial charge in [-0.1, -0.05) is 25.5 Å². The van der Waals surface area contributed by atoms with E-state index in [0.717, 1.165) is 6.42 Å². The molecule has 0 bridgehead atoms. The zero-order chi connectivity index (χ0) is 7.82. The van der Waals surface area contributed by atoms with E-state index < -0.39 is 0 Å². The standard InChI is InChI=1S/C9H18N/c1-3-6-9(4-2)7-5-8-10/h5,7,9H,1,3-4,6,8,10H2,2H3/q-1/b7-5-. The Morgan fingerprint density at radius 1 is 1.60 bits per heavy atom. The molecule has 0 aromatic carbocycles. The van der Waals surface area contributed by atoms with Gasteiger partial charge in [-0.2, -0.15) is 6.42 Å². The molecular weight excluding hydrogens is 122 g/mol. The van der Waals surface area contributed by atoms with E-state index in [0.29, 0.717) is 12.5 Å². The third kappa shape index (κ3) is 4.57. The second-order valence-corrected chi connectivity index (χ2v) is 2.47. The third-order valence-electron chi connectivity index (χ3n) is 1.64. The van der Waals surface area contributed by atoms with E-state index in [1.54, 1.807) is 0 Å². The highest BCUT2D eigenvalue weighted by molar-refractivity contribution is 4.88. The fraction of sp³-hybridized carbons (Fsp3) is 0.667. The minimum absolute atomic E-state index is 0.660. The first-order valence-corrected chi connectivity index (χ1v) is 4.01. The SMILES string of the molecule is [CH2-]CCC(/C=C\CN)CC. The molecule has 0 saturated carbocycles. The van der Waals surface area contributed by atoms with Gasteiger partial charge in [0.05, 0.1) is 0 Å². The molecule has 1 heteroatoms. The fourth-order valence-corrected chi connectivity index (χ4v) is 0.970. The molecule has 0 aliphatic rings. The van der Waals surface area contributed by atoms with Gasteiger partial charge in [-0.3, -0.25) is 0 Å². The van der Waals surface area contributed by atoms with Crippen molar-refractivity contribution in [1.29, 1.82) is 0 Å². The van der Waals surface area contributed by atoms with Crippen molar-refractivity contribution in [3.63, 3.8) is 0 Å². The van der Waals surface area contributed by atoms with Crippen molar-refractivity contribution >= 4 is 0 Å². The van der Waals surface area contributed by atoms with Crippen LogP contribution in [0.15, 0.2) is 12.2 Å². The van der Waals surface area contributed by atoms with Gasteiger partial charge in [0, 0.05) is 6.54 Å². The maximum absolute atomic E-state index is 5.33. The molecule has 1 unspecified atom stereocenters. The summed E-state index contributed by atoms with van der Waals surface area (Å²) in [6.45, 7) is 6.67. The average molecular weight is 140 g/mol. The molecule has 0 rings (SSSR count). The van der Waals surface area contributed by atoms with Crippen molar-refractivity contribution in [2.24, 2.45) is 11.7 Å². The smallest absolute Gasteiger partial charge is 0.0106 e. The van der Waals surface area contributed by atoms with Crippen molar-refractivity contribution in [1.82, 2.24) is 0 Å². The van der Waals surface area contributed by atoms with Crippen LogP contribution in [0.5, 0.6) is 0 Å². The number of rotatable bonds is 5. The van der Waals surface area contributed by atoms with Crippen molar-refractivity contribution in [2.75, 3.05) is 6.54 Å². The van der Waals surface area contributed by atoms with Crippen molar-refractivity contribution in [3.05, 3.63) is 19.1 Å². The van der Waals surface area contributed by atoms with Gasteiger partial charge in [0.15, 0.2) is 0 Å².